The molecule has 0 amide bonds. The van der Waals surface area contributed by atoms with Crippen LogP contribution in [0.4, 0.5) is 5.69 Å². The van der Waals surface area contributed by atoms with Gasteiger partial charge in [-0.2, -0.15) is 5.26 Å². The predicted octanol–water partition coefficient (Wildman–Crippen LogP) is 2.02. The zero-order valence-electron chi connectivity index (χ0n) is 9.62. The molecule has 86 valence electrons. The van der Waals surface area contributed by atoms with Crippen LogP contribution in [0, 0.1) is 11.3 Å². The minimum atomic E-state index is 0.579. The van der Waals surface area contributed by atoms with Gasteiger partial charge >= 0.3 is 0 Å². The molecule has 16 heavy (non-hydrogen) atoms. The van der Waals surface area contributed by atoms with Crippen LogP contribution in [0.25, 0.3) is 0 Å². The third kappa shape index (κ3) is 3.14. The summed E-state index contributed by atoms with van der Waals surface area (Å²) >= 11 is 0. The van der Waals surface area contributed by atoms with Gasteiger partial charge < -0.3 is 14.8 Å². The molecule has 0 bridgehead atoms. The SMILES string of the molecule is CCOCCNc1c(C#N)cccc1OC. The molecule has 0 unspecified atom stereocenters. The number of nitrogens with one attached hydrogen (secondary N) is 1. The van der Waals surface area contributed by atoms with E-state index in [-0.39, 0.29) is 0 Å². The molecular weight excluding hydrogens is 204 g/mol. The summed E-state index contributed by atoms with van der Waals surface area (Å²) in [5.41, 5.74) is 1.31. The van der Waals surface area contributed by atoms with Crippen LogP contribution >= 0.6 is 0 Å². The third-order valence-corrected chi connectivity index (χ3v) is 2.12. The number of hydrogen-bond acceptors (Lipinski definition) is 4. The van der Waals surface area contributed by atoms with Gasteiger partial charge in [0.2, 0.25) is 0 Å². The maximum atomic E-state index is 8.96. The molecular formula is C12H16N2O2. The van der Waals surface area contributed by atoms with Crippen molar-refractivity contribution in [3.63, 3.8) is 0 Å². The molecule has 1 rings (SSSR count). The van der Waals surface area contributed by atoms with Crippen LogP contribution in [0.3, 0.4) is 0 Å². The van der Waals surface area contributed by atoms with E-state index in [1.54, 1.807) is 19.2 Å². The van der Waals surface area contributed by atoms with Gasteiger partial charge in [0.1, 0.15) is 11.8 Å². The smallest absolute Gasteiger partial charge is 0.143 e. The van der Waals surface area contributed by atoms with Crippen LogP contribution in [-0.4, -0.2) is 26.9 Å². The zero-order chi connectivity index (χ0) is 11.8. The summed E-state index contributed by atoms with van der Waals surface area (Å²) in [6.07, 6.45) is 0. The Morgan fingerprint density at radius 3 is 2.88 bits per heavy atom. The number of benzene rings is 1. The molecule has 4 nitrogen and oxygen atoms in total. The van der Waals surface area contributed by atoms with Gasteiger partial charge in [0.05, 0.1) is 25.0 Å². The number of ether oxygens (including phenoxy) is 2. The van der Waals surface area contributed by atoms with Crippen LogP contribution in [-0.2, 0) is 4.74 Å². The lowest BCUT2D eigenvalue weighted by atomic mass is 10.2. The quantitative estimate of drug-likeness (QED) is 0.745. The van der Waals surface area contributed by atoms with Crippen molar-refractivity contribution < 1.29 is 9.47 Å². The highest BCUT2D eigenvalue weighted by atomic mass is 16.5. The molecule has 1 aromatic rings. The Bertz CT molecular complexity index is 372. The molecule has 0 spiro atoms. The van der Waals surface area contributed by atoms with Crippen LogP contribution in [0.1, 0.15) is 12.5 Å². The molecule has 0 fully saturated rings. The maximum absolute atomic E-state index is 8.96. The second-order valence-corrected chi connectivity index (χ2v) is 3.12. The molecule has 0 atom stereocenters. The molecule has 0 radical (unpaired) electrons. The van der Waals surface area contributed by atoms with Gasteiger partial charge in [-0.3, -0.25) is 0 Å². The lowest BCUT2D eigenvalue weighted by molar-refractivity contribution is 0.158. The summed E-state index contributed by atoms with van der Waals surface area (Å²) in [5, 5.41) is 12.1. The highest BCUT2D eigenvalue weighted by Gasteiger charge is 2.07. The van der Waals surface area contributed by atoms with Crippen molar-refractivity contribution in [2.75, 3.05) is 32.2 Å². The summed E-state index contributed by atoms with van der Waals surface area (Å²) in [6, 6.07) is 7.50. The van der Waals surface area contributed by atoms with Gasteiger partial charge in [-0.25, -0.2) is 0 Å². The number of rotatable bonds is 6. The molecule has 1 aromatic carbocycles. The molecule has 0 aliphatic carbocycles. The fourth-order valence-corrected chi connectivity index (χ4v) is 1.37. The van der Waals surface area contributed by atoms with E-state index in [1.807, 2.05) is 13.0 Å². The van der Waals surface area contributed by atoms with Gasteiger partial charge in [0, 0.05) is 13.2 Å². The van der Waals surface area contributed by atoms with Gasteiger partial charge in [0.25, 0.3) is 0 Å². The fourth-order valence-electron chi connectivity index (χ4n) is 1.37. The van der Waals surface area contributed by atoms with Crippen molar-refractivity contribution in [1.29, 1.82) is 5.26 Å². The summed E-state index contributed by atoms with van der Waals surface area (Å²) in [4.78, 5) is 0. The first kappa shape index (κ1) is 12.3. The molecule has 0 saturated carbocycles. The van der Waals surface area contributed by atoms with Crippen LogP contribution in [0.2, 0.25) is 0 Å². The Labute approximate surface area is 95.8 Å². The lowest BCUT2D eigenvalue weighted by Crippen LogP contribution is -2.11. The second-order valence-electron chi connectivity index (χ2n) is 3.12. The minimum Gasteiger partial charge on any atom is -0.495 e. The summed E-state index contributed by atoms with van der Waals surface area (Å²) in [6.45, 7) is 3.91. The molecule has 0 saturated heterocycles. The Kier molecular flexibility index (Phi) is 5.17. The van der Waals surface area contributed by atoms with E-state index in [9.17, 15) is 0 Å². The van der Waals surface area contributed by atoms with E-state index in [2.05, 4.69) is 11.4 Å². The van der Waals surface area contributed by atoms with Crippen LogP contribution < -0.4 is 10.1 Å². The molecule has 1 N–H and O–H groups in total. The maximum Gasteiger partial charge on any atom is 0.143 e. The zero-order valence-corrected chi connectivity index (χ0v) is 9.62. The van der Waals surface area contributed by atoms with E-state index in [4.69, 9.17) is 14.7 Å². The van der Waals surface area contributed by atoms with Gasteiger partial charge in [-0.05, 0) is 19.1 Å². The third-order valence-electron chi connectivity index (χ3n) is 2.12. The average molecular weight is 220 g/mol. The number of hydrogen-bond donors (Lipinski definition) is 1. The van der Waals surface area contributed by atoms with Crippen LogP contribution in [0.5, 0.6) is 5.75 Å². The Morgan fingerprint density at radius 2 is 2.25 bits per heavy atom. The van der Waals surface area contributed by atoms with Crippen molar-refractivity contribution in [1.82, 2.24) is 0 Å². The van der Waals surface area contributed by atoms with Gasteiger partial charge in [0.15, 0.2) is 0 Å². The number of methoxy groups -OCH3 is 1. The number of nitrogens with zero attached hydrogens (tertiary/aromatic N) is 1. The highest BCUT2D eigenvalue weighted by molar-refractivity contribution is 5.66. The first-order valence-corrected chi connectivity index (χ1v) is 5.22. The standard InChI is InChI=1S/C12H16N2O2/c1-3-16-8-7-14-12-10(9-13)5-4-6-11(12)15-2/h4-6,14H,3,7-8H2,1-2H3. The Hall–Kier alpha value is -1.73. The van der Waals surface area contributed by atoms with Gasteiger partial charge in [-0.1, -0.05) is 6.07 Å². The van der Waals surface area contributed by atoms with E-state index >= 15 is 0 Å². The molecule has 0 aliphatic heterocycles. The number of para-hydroxylation sites is 1. The molecule has 0 aliphatic rings. The van der Waals surface area contributed by atoms with E-state index in [1.165, 1.54) is 0 Å². The Balaban J connectivity index is 2.72. The van der Waals surface area contributed by atoms with Crippen molar-refractivity contribution >= 4 is 5.69 Å². The van der Waals surface area contributed by atoms with Crippen molar-refractivity contribution in [3.05, 3.63) is 23.8 Å². The largest absolute Gasteiger partial charge is 0.495 e. The van der Waals surface area contributed by atoms with Gasteiger partial charge in [-0.15, -0.1) is 0 Å². The summed E-state index contributed by atoms with van der Waals surface area (Å²) < 4.78 is 10.4. The lowest BCUT2D eigenvalue weighted by Gasteiger charge is -2.12. The first-order chi connectivity index (χ1) is 7.83. The normalized spacial score (nSPS) is 9.56. The second kappa shape index (κ2) is 6.70. The topological polar surface area (TPSA) is 54.3 Å². The number of nitriles is 1. The summed E-state index contributed by atoms with van der Waals surface area (Å²) in [5.74, 6) is 0.676. The molecule has 4 heteroatoms. The van der Waals surface area contributed by atoms with Crippen LogP contribution in [0.15, 0.2) is 18.2 Å². The molecule has 0 heterocycles. The summed E-state index contributed by atoms with van der Waals surface area (Å²) in [7, 11) is 1.59. The Morgan fingerprint density at radius 1 is 1.44 bits per heavy atom. The predicted molar refractivity (Wildman–Crippen MR) is 62.7 cm³/mol. The van der Waals surface area contributed by atoms with E-state index in [0.29, 0.717) is 31.1 Å². The van der Waals surface area contributed by atoms with E-state index < -0.39 is 0 Å². The van der Waals surface area contributed by atoms with Crippen molar-refractivity contribution in [3.8, 4) is 11.8 Å². The van der Waals surface area contributed by atoms with Crippen molar-refractivity contribution in [2.45, 2.75) is 6.92 Å². The minimum absolute atomic E-state index is 0.579. The number of anilines is 1. The molecule has 0 aromatic heterocycles. The highest BCUT2D eigenvalue weighted by Crippen LogP contribution is 2.27. The monoisotopic (exact) mass is 220 g/mol. The fraction of sp³-hybridized carbons (Fsp3) is 0.417. The first-order valence-electron chi connectivity index (χ1n) is 5.22. The van der Waals surface area contributed by atoms with E-state index in [0.717, 1.165) is 5.69 Å². The van der Waals surface area contributed by atoms with Crippen molar-refractivity contribution in [2.24, 2.45) is 0 Å². The average Bonchev–Trinajstić information content (AvgIpc) is 2.34.